The normalized spacial score (nSPS) is 12.4. The van der Waals surface area contributed by atoms with E-state index < -0.39 is 5.82 Å². The Hall–Kier alpha value is -1.75. The van der Waals surface area contributed by atoms with Gasteiger partial charge in [0.1, 0.15) is 5.82 Å². The average Bonchev–Trinajstić information content (AvgIpc) is 2.79. The molecule has 0 amide bonds. The lowest BCUT2D eigenvalue weighted by atomic mass is 10.1. The molecule has 1 aromatic carbocycles. The number of nitrogen functional groups attached to an aromatic ring is 1. The Balaban J connectivity index is 2.22. The minimum absolute atomic E-state index is 0.00224. The second-order valence-corrected chi connectivity index (χ2v) is 4.16. The molecule has 1 aromatic heterocycles. The first-order valence-corrected chi connectivity index (χ1v) is 5.45. The van der Waals surface area contributed by atoms with Crippen LogP contribution in [0.25, 0.3) is 0 Å². The minimum Gasteiger partial charge on any atom is -0.397 e. The van der Waals surface area contributed by atoms with Crippen LogP contribution >= 0.6 is 11.6 Å². The largest absolute Gasteiger partial charge is 0.397 e. The van der Waals surface area contributed by atoms with Crippen LogP contribution in [0.15, 0.2) is 24.5 Å². The van der Waals surface area contributed by atoms with E-state index in [1.54, 1.807) is 12.4 Å². The molecule has 1 heterocycles. The van der Waals surface area contributed by atoms with Crippen LogP contribution in [-0.4, -0.2) is 10.2 Å². The van der Waals surface area contributed by atoms with Crippen molar-refractivity contribution in [2.24, 2.45) is 0 Å². The Morgan fingerprint density at radius 1 is 1.53 bits per heavy atom. The first-order chi connectivity index (χ1) is 8.08. The van der Waals surface area contributed by atoms with Gasteiger partial charge in [0.15, 0.2) is 0 Å². The lowest BCUT2D eigenvalue weighted by Gasteiger charge is -2.15. The molecule has 0 saturated carbocycles. The van der Waals surface area contributed by atoms with Crippen molar-refractivity contribution < 1.29 is 4.39 Å². The highest BCUT2D eigenvalue weighted by Gasteiger charge is 2.10. The fourth-order valence-corrected chi connectivity index (χ4v) is 1.67. The number of anilines is 2. The summed E-state index contributed by atoms with van der Waals surface area (Å²) < 4.78 is 13.1. The predicted octanol–water partition coefficient (Wildman–Crippen LogP) is 2.96. The SMILES string of the molecule is CC(Nc1cc(Cl)c(F)cc1N)c1cn[nH]c1. The van der Waals surface area contributed by atoms with Crippen LogP contribution in [-0.2, 0) is 0 Å². The standard InChI is InChI=1S/C11H12ClFN4/c1-6(7-4-15-16-5-7)17-11-2-8(12)9(13)3-10(11)14/h2-6,17H,14H2,1H3,(H,15,16). The van der Waals surface area contributed by atoms with Crippen molar-refractivity contribution in [3.63, 3.8) is 0 Å². The molecule has 2 rings (SSSR count). The van der Waals surface area contributed by atoms with Crippen molar-refractivity contribution in [2.45, 2.75) is 13.0 Å². The van der Waals surface area contributed by atoms with Crippen LogP contribution in [0.5, 0.6) is 0 Å². The van der Waals surface area contributed by atoms with E-state index in [0.29, 0.717) is 11.4 Å². The number of H-pyrrole nitrogens is 1. The molecule has 0 saturated heterocycles. The minimum atomic E-state index is -0.523. The van der Waals surface area contributed by atoms with Crippen LogP contribution < -0.4 is 11.1 Å². The number of aromatic nitrogens is 2. The van der Waals surface area contributed by atoms with E-state index in [9.17, 15) is 4.39 Å². The molecular formula is C11H12ClFN4. The summed E-state index contributed by atoms with van der Waals surface area (Å²) in [6.45, 7) is 1.95. The van der Waals surface area contributed by atoms with Crippen LogP contribution in [0.1, 0.15) is 18.5 Å². The number of hydrogen-bond donors (Lipinski definition) is 3. The third-order valence-electron chi connectivity index (χ3n) is 2.48. The van der Waals surface area contributed by atoms with Crippen molar-refractivity contribution in [1.82, 2.24) is 10.2 Å². The van der Waals surface area contributed by atoms with Gasteiger partial charge in [-0.25, -0.2) is 4.39 Å². The number of halogens is 2. The summed E-state index contributed by atoms with van der Waals surface area (Å²) in [5.74, 6) is -0.523. The molecule has 4 nitrogen and oxygen atoms in total. The molecule has 6 heteroatoms. The lowest BCUT2D eigenvalue weighted by molar-refractivity contribution is 0.629. The number of aromatic amines is 1. The summed E-state index contributed by atoms with van der Waals surface area (Å²) in [4.78, 5) is 0. The maximum absolute atomic E-state index is 13.1. The summed E-state index contributed by atoms with van der Waals surface area (Å²) in [6.07, 6.45) is 3.48. The molecule has 0 fully saturated rings. The molecule has 2 aromatic rings. The van der Waals surface area contributed by atoms with Gasteiger partial charge in [0.2, 0.25) is 0 Å². The second kappa shape index (κ2) is 4.63. The number of benzene rings is 1. The maximum Gasteiger partial charge on any atom is 0.143 e. The van der Waals surface area contributed by atoms with E-state index in [-0.39, 0.29) is 11.1 Å². The maximum atomic E-state index is 13.1. The highest BCUT2D eigenvalue weighted by molar-refractivity contribution is 6.31. The third kappa shape index (κ3) is 2.50. The summed E-state index contributed by atoms with van der Waals surface area (Å²) >= 11 is 5.71. The lowest BCUT2D eigenvalue weighted by Crippen LogP contribution is -2.08. The quantitative estimate of drug-likeness (QED) is 0.738. The van der Waals surface area contributed by atoms with Crippen LogP contribution in [0, 0.1) is 5.82 Å². The summed E-state index contributed by atoms with van der Waals surface area (Å²) in [7, 11) is 0. The molecule has 4 N–H and O–H groups in total. The Bertz CT molecular complexity index is 512. The predicted molar refractivity (Wildman–Crippen MR) is 66.4 cm³/mol. The van der Waals surface area contributed by atoms with Crippen molar-refractivity contribution in [3.05, 3.63) is 40.9 Å². The Morgan fingerprint density at radius 2 is 2.29 bits per heavy atom. The molecule has 0 radical (unpaired) electrons. The topological polar surface area (TPSA) is 66.7 Å². The average molecular weight is 255 g/mol. The Kier molecular flexibility index (Phi) is 3.19. The zero-order chi connectivity index (χ0) is 12.4. The smallest absolute Gasteiger partial charge is 0.143 e. The van der Waals surface area contributed by atoms with Gasteiger partial charge < -0.3 is 11.1 Å². The van der Waals surface area contributed by atoms with E-state index in [1.165, 1.54) is 12.1 Å². The van der Waals surface area contributed by atoms with E-state index in [1.807, 2.05) is 6.92 Å². The number of nitrogens with two attached hydrogens (primary N) is 1. The van der Waals surface area contributed by atoms with Crippen molar-refractivity contribution in [1.29, 1.82) is 0 Å². The van der Waals surface area contributed by atoms with Crippen LogP contribution in [0.2, 0.25) is 5.02 Å². The summed E-state index contributed by atoms with van der Waals surface area (Å²) in [5, 5.41) is 9.77. The molecule has 0 bridgehead atoms. The zero-order valence-electron chi connectivity index (χ0n) is 9.17. The second-order valence-electron chi connectivity index (χ2n) is 3.75. The van der Waals surface area contributed by atoms with E-state index in [4.69, 9.17) is 17.3 Å². The molecule has 0 aliphatic rings. The number of hydrogen-bond acceptors (Lipinski definition) is 3. The van der Waals surface area contributed by atoms with Gasteiger partial charge in [-0.15, -0.1) is 0 Å². The van der Waals surface area contributed by atoms with Gasteiger partial charge in [-0.2, -0.15) is 5.10 Å². The molecule has 0 aliphatic carbocycles. The Morgan fingerprint density at radius 3 is 2.94 bits per heavy atom. The van der Waals surface area contributed by atoms with Gasteiger partial charge in [-0.05, 0) is 13.0 Å². The van der Waals surface area contributed by atoms with Crippen LogP contribution in [0.4, 0.5) is 15.8 Å². The fourth-order valence-electron chi connectivity index (χ4n) is 1.50. The molecule has 0 spiro atoms. The highest BCUT2D eigenvalue weighted by atomic mass is 35.5. The monoisotopic (exact) mass is 254 g/mol. The molecular weight excluding hydrogens is 243 g/mol. The summed E-state index contributed by atoms with van der Waals surface area (Å²) in [6, 6.07) is 2.67. The number of rotatable bonds is 3. The Labute approximate surface area is 103 Å². The van der Waals surface area contributed by atoms with Gasteiger partial charge >= 0.3 is 0 Å². The molecule has 90 valence electrons. The van der Waals surface area contributed by atoms with Gasteiger partial charge in [-0.1, -0.05) is 11.6 Å². The van der Waals surface area contributed by atoms with Crippen molar-refractivity contribution >= 4 is 23.0 Å². The van der Waals surface area contributed by atoms with Crippen molar-refractivity contribution in [2.75, 3.05) is 11.1 Å². The van der Waals surface area contributed by atoms with Gasteiger partial charge in [0.25, 0.3) is 0 Å². The zero-order valence-corrected chi connectivity index (χ0v) is 9.92. The number of nitrogens with one attached hydrogen (secondary N) is 2. The van der Waals surface area contributed by atoms with E-state index in [0.717, 1.165) is 5.56 Å². The molecule has 1 unspecified atom stereocenters. The first-order valence-electron chi connectivity index (χ1n) is 5.07. The van der Waals surface area contributed by atoms with Gasteiger partial charge in [0, 0.05) is 17.8 Å². The van der Waals surface area contributed by atoms with Crippen molar-refractivity contribution in [3.8, 4) is 0 Å². The highest BCUT2D eigenvalue weighted by Crippen LogP contribution is 2.29. The summed E-state index contributed by atoms with van der Waals surface area (Å²) in [5.41, 5.74) is 7.61. The third-order valence-corrected chi connectivity index (χ3v) is 2.77. The van der Waals surface area contributed by atoms with Gasteiger partial charge in [-0.3, -0.25) is 5.10 Å². The number of nitrogens with zero attached hydrogens (tertiary/aromatic N) is 1. The fraction of sp³-hybridized carbons (Fsp3) is 0.182. The van der Waals surface area contributed by atoms with E-state index in [2.05, 4.69) is 15.5 Å². The first kappa shape index (κ1) is 11.7. The van der Waals surface area contributed by atoms with E-state index >= 15 is 0 Å². The molecule has 17 heavy (non-hydrogen) atoms. The molecule has 1 atom stereocenters. The van der Waals surface area contributed by atoms with Gasteiger partial charge in [0.05, 0.1) is 28.6 Å². The molecule has 0 aliphatic heterocycles. The van der Waals surface area contributed by atoms with Crippen LogP contribution in [0.3, 0.4) is 0 Å².